The van der Waals surface area contributed by atoms with E-state index in [-0.39, 0.29) is 0 Å². The zero-order valence-electron chi connectivity index (χ0n) is 11.2. The number of likely N-dealkylation sites (N-methyl/N-ethyl adjacent to an activating group) is 1. The summed E-state index contributed by atoms with van der Waals surface area (Å²) in [5.41, 5.74) is 1.12. The Balaban J connectivity index is 2.93. The molecule has 0 aromatic carbocycles. The van der Waals surface area contributed by atoms with Crippen LogP contribution in [0.5, 0.6) is 0 Å². The molecule has 1 aromatic heterocycles. The summed E-state index contributed by atoms with van der Waals surface area (Å²) < 4.78 is 5.13. The van der Waals surface area contributed by atoms with Crippen LogP contribution in [0, 0.1) is 6.92 Å². The number of rotatable bonds is 7. The Bertz CT molecular complexity index is 343. The van der Waals surface area contributed by atoms with Crippen molar-refractivity contribution >= 4 is 5.82 Å². The summed E-state index contributed by atoms with van der Waals surface area (Å²) in [6, 6.07) is 0. The lowest BCUT2D eigenvalue weighted by atomic mass is 10.2. The van der Waals surface area contributed by atoms with Gasteiger partial charge in [0.15, 0.2) is 0 Å². The van der Waals surface area contributed by atoms with E-state index in [1.54, 1.807) is 7.11 Å². The monoisotopic (exact) mass is 238 g/mol. The molecule has 0 atom stereocenters. The normalized spacial score (nSPS) is 10.6. The van der Waals surface area contributed by atoms with Gasteiger partial charge in [0.25, 0.3) is 0 Å². The lowest BCUT2D eigenvalue weighted by molar-refractivity contribution is 0.205. The number of nitrogens with zero attached hydrogens (tertiary/aromatic N) is 3. The van der Waals surface area contributed by atoms with Gasteiger partial charge in [-0.1, -0.05) is 0 Å². The molecule has 5 nitrogen and oxygen atoms in total. The molecule has 0 radical (unpaired) electrons. The molecule has 1 aromatic rings. The highest BCUT2D eigenvalue weighted by Gasteiger charge is 2.11. The zero-order chi connectivity index (χ0) is 12.7. The molecule has 0 saturated heterocycles. The molecule has 0 unspecified atom stereocenters. The van der Waals surface area contributed by atoms with Gasteiger partial charge in [-0.3, -0.25) is 0 Å². The molecule has 1 N–H and O–H groups in total. The third-order valence-electron chi connectivity index (χ3n) is 2.58. The molecule has 0 fully saturated rings. The SMILES string of the molecule is CCN(CCOC)c1nc(C)ncc1CNC. The van der Waals surface area contributed by atoms with Crippen molar-refractivity contribution in [3.63, 3.8) is 0 Å². The van der Waals surface area contributed by atoms with Gasteiger partial charge in [0.1, 0.15) is 11.6 Å². The number of methoxy groups -OCH3 is 1. The molecule has 0 amide bonds. The second kappa shape index (κ2) is 7.19. The lowest BCUT2D eigenvalue weighted by Gasteiger charge is -2.24. The molecule has 0 aliphatic rings. The van der Waals surface area contributed by atoms with Crippen LogP contribution < -0.4 is 10.2 Å². The van der Waals surface area contributed by atoms with E-state index in [4.69, 9.17) is 4.74 Å². The molecule has 0 aliphatic heterocycles. The lowest BCUT2D eigenvalue weighted by Crippen LogP contribution is -2.29. The third-order valence-corrected chi connectivity index (χ3v) is 2.58. The smallest absolute Gasteiger partial charge is 0.136 e. The van der Waals surface area contributed by atoms with Crippen LogP contribution >= 0.6 is 0 Å². The van der Waals surface area contributed by atoms with Crippen molar-refractivity contribution in [2.45, 2.75) is 20.4 Å². The number of aryl methyl sites for hydroxylation is 1. The zero-order valence-corrected chi connectivity index (χ0v) is 11.2. The molecular weight excluding hydrogens is 216 g/mol. The van der Waals surface area contributed by atoms with Crippen LogP contribution in [0.2, 0.25) is 0 Å². The minimum Gasteiger partial charge on any atom is -0.383 e. The minimum absolute atomic E-state index is 0.704. The van der Waals surface area contributed by atoms with E-state index in [1.165, 1.54) is 0 Å². The molecule has 0 spiro atoms. The van der Waals surface area contributed by atoms with Crippen molar-refractivity contribution in [3.05, 3.63) is 17.6 Å². The third kappa shape index (κ3) is 3.94. The second-order valence-electron chi connectivity index (χ2n) is 3.87. The average molecular weight is 238 g/mol. The van der Waals surface area contributed by atoms with Crippen molar-refractivity contribution in [2.24, 2.45) is 0 Å². The molecular formula is C12H22N4O. The molecule has 96 valence electrons. The molecule has 5 heteroatoms. The van der Waals surface area contributed by atoms with Gasteiger partial charge in [0.05, 0.1) is 6.61 Å². The highest BCUT2D eigenvalue weighted by molar-refractivity contribution is 5.46. The van der Waals surface area contributed by atoms with E-state index in [0.717, 1.165) is 36.8 Å². The van der Waals surface area contributed by atoms with Crippen LogP contribution in [0.25, 0.3) is 0 Å². The molecule has 17 heavy (non-hydrogen) atoms. The van der Waals surface area contributed by atoms with E-state index in [9.17, 15) is 0 Å². The topological polar surface area (TPSA) is 50.3 Å². The van der Waals surface area contributed by atoms with Crippen LogP contribution in [0.3, 0.4) is 0 Å². The van der Waals surface area contributed by atoms with Crippen LogP contribution in [0.15, 0.2) is 6.20 Å². The number of hydrogen-bond donors (Lipinski definition) is 1. The van der Waals surface area contributed by atoms with Crippen molar-refractivity contribution < 1.29 is 4.74 Å². The van der Waals surface area contributed by atoms with Gasteiger partial charge in [-0.25, -0.2) is 9.97 Å². The van der Waals surface area contributed by atoms with Crippen molar-refractivity contribution in [2.75, 3.05) is 38.8 Å². The highest BCUT2D eigenvalue weighted by Crippen LogP contribution is 2.16. The fourth-order valence-electron chi connectivity index (χ4n) is 1.69. The molecule has 0 aliphatic carbocycles. The van der Waals surface area contributed by atoms with Gasteiger partial charge in [0, 0.05) is 38.5 Å². The van der Waals surface area contributed by atoms with E-state index in [0.29, 0.717) is 6.61 Å². The Morgan fingerprint density at radius 3 is 2.82 bits per heavy atom. The molecule has 0 saturated carbocycles. The summed E-state index contributed by atoms with van der Waals surface area (Å²) in [5, 5.41) is 3.14. The van der Waals surface area contributed by atoms with Gasteiger partial charge >= 0.3 is 0 Å². The summed E-state index contributed by atoms with van der Waals surface area (Å²) in [5.74, 6) is 1.81. The van der Waals surface area contributed by atoms with E-state index < -0.39 is 0 Å². The van der Waals surface area contributed by atoms with Crippen LogP contribution in [0.4, 0.5) is 5.82 Å². The van der Waals surface area contributed by atoms with Gasteiger partial charge in [-0.2, -0.15) is 0 Å². The Kier molecular flexibility index (Phi) is 5.86. The number of anilines is 1. The number of ether oxygens (including phenoxy) is 1. The van der Waals surface area contributed by atoms with Gasteiger partial charge in [0.2, 0.25) is 0 Å². The number of nitrogens with one attached hydrogen (secondary N) is 1. The van der Waals surface area contributed by atoms with E-state index in [1.807, 2.05) is 20.2 Å². The van der Waals surface area contributed by atoms with E-state index in [2.05, 4.69) is 27.1 Å². The maximum atomic E-state index is 5.13. The first-order valence-electron chi connectivity index (χ1n) is 5.93. The minimum atomic E-state index is 0.704. The maximum Gasteiger partial charge on any atom is 0.136 e. The van der Waals surface area contributed by atoms with Gasteiger partial charge in [-0.15, -0.1) is 0 Å². The van der Waals surface area contributed by atoms with Gasteiger partial charge in [-0.05, 0) is 20.9 Å². The molecule has 1 rings (SSSR count). The summed E-state index contributed by atoms with van der Waals surface area (Å²) in [4.78, 5) is 11.0. The summed E-state index contributed by atoms with van der Waals surface area (Å²) >= 11 is 0. The number of aromatic nitrogens is 2. The van der Waals surface area contributed by atoms with Crippen LogP contribution in [-0.4, -0.2) is 43.8 Å². The Labute approximate surface area is 103 Å². The summed E-state index contributed by atoms with van der Waals surface area (Å²) in [6.07, 6.45) is 1.89. The van der Waals surface area contributed by atoms with Crippen molar-refractivity contribution in [3.8, 4) is 0 Å². The predicted octanol–water partition coefficient (Wildman–Crippen LogP) is 0.977. The summed E-state index contributed by atoms with van der Waals surface area (Å²) in [7, 11) is 3.64. The predicted molar refractivity (Wildman–Crippen MR) is 69.3 cm³/mol. The Morgan fingerprint density at radius 1 is 1.47 bits per heavy atom. The molecule has 1 heterocycles. The Morgan fingerprint density at radius 2 is 2.24 bits per heavy atom. The van der Waals surface area contributed by atoms with Crippen molar-refractivity contribution in [1.29, 1.82) is 0 Å². The summed E-state index contributed by atoms with van der Waals surface area (Å²) in [6.45, 7) is 7.28. The molecule has 0 bridgehead atoms. The largest absolute Gasteiger partial charge is 0.383 e. The van der Waals surface area contributed by atoms with Crippen molar-refractivity contribution in [1.82, 2.24) is 15.3 Å². The van der Waals surface area contributed by atoms with Crippen LogP contribution in [0.1, 0.15) is 18.3 Å². The first-order chi connectivity index (χ1) is 8.22. The maximum absolute atomic E-state index is 5.13. The first kappa shape index (κ1) is 13.9. The average Bonchev–Trinajstić information content (AvgIpc) is 2.33. The number of hydrogen-bond acceptors (Lipinski definition) is 5. The second-order valence-corrected chi connectivity index (χ2v) is 3.87. The fraction of sp³-hybridized carbons (Fsp3) is 0.667. The first-order valence-corrected chi connectivity index (χ1v) is 5.93. The Hall–Kier alpha value is -1.20. The standard InChI is InChI=1S/C12H22N4O/c1-5-16(6-7-17-4)12-11(8-13-3)9-14-10(2)15-12/h9,13H,5-8H2,1-4H3. The quantitative estimate of drug-likeness (QED) is 0.767. The van der Waals surface area contributed by atoms with Gasteiger partial charge < -0.3 is 15.0 Å². The van der Waals surface area contributed by atoms with E-state index >= 15 is 0 Å². The fourth-order valence-corrected chi connectivity index (χ4v) is 1.69. The highest BCUT2D eigenvalue weighted by atomic mass is 16.5. The van der Waals surface area contributed by atoms with Crippen LogP contribution in [-0.2, 0) is 11.3 Å².